The van der Waals surface area contributed by atoms with Gasteiger partial charge in [-0.15, -0.1) is 0 Å². The summed E-state index contributed by atoms with van der Waals surface area (Å²) >= 11 is 0. The van der Waals surface area contributed by atoms with Crippen LogP contribution in [0.5, 0.6) is 0 Å². The van der Waals surface area contributed by atoms with Crippen LogP contribution < -0.4 is 10.2 Å². The molecule has 0 aliphatic carbocycles. The van der Waals surface area contributed by atoms with Crippen molar-refractivity contribution in [3.63, 3.8) is 0 Å². The highest BCUT2D eigenvalue weighted by Gasteiger charge is 2.37. The van der Waals surface area contributed by atoms with Gasteiger partial charge in [0.2, 0.25) is 0 Å². The SMILES string of the molecule is Cc1ccc(N2C(=O)c3ccc(C(=O)Nc4cccc(C(=O)O)c4)cc3C2=O)cc1C. The molecule has 0 atom stereocenters. The van der Waals surface area contributed by atoms with Gasteiger partial charge in [-0.25, -0.2) is 9.69 Å². The molecule has 0 bridgehead atoms. The molecule has 7 nitrogen and oxygen atoms in total. The molecule has 0 saturated heterocycles. The van der Waals surface area contributed by atoms with E-state index in [0.29, 0.717) is 11.4 Å². The van der Waals surface area contributed by atoms with Crippen molar-refractivity contribution < 1.29 is 24.3 Å². The van der Waals surface area contributed by atoms with E-state index in [1.807, 2.05) is 19.9 Å². The minimum Gasteiger partial charge on any atom is -0.478 e. The molecular formula is C24H18N2O5. The number of benzene rings is 3. The average molecular weight is 414 g/mol. The number of fused-ring (bicyclic) bond motifs is 1. The van der Waals surface area contributed by atoms with Crippen molar-refractivity contribution >= 4 is 35.1 Å². The fourth-order valence-corrected chi connectivity index (χ4v) is 3.41. The predicted molar refractivity (Wildman–Crippen MR) is 115 cm³/mol. The molecule has 0 radical (unpaired) electrons. The molecule has 7 heteroatoms. The summed E-state index contributed by atoms with van der Waals surface area (Å²) in [5.41, 5.74) is 3.39. The first-order chi connectivity index (χ1) is 14.8. The second-order valence-electron chi connectivity index (χ2n) is 7.31. The fourth-order valence-electron chi connectivity index (χ4n) is 3.41. The standard InChI is InChI=1S/C24H18N2O5/c1-13-6-8-18(10-14(13)2)26-22(28)19-9-7-15(12-20(19)23(26)29)21(27)25-17-5-3-4-16(11-17)24(30)31/h3-12H,1-2H3,(H,25,27)(H,30,31). The summed E-state index contributed by atoms with van der Waals surface area (Å²) in [5, 5.41) is 11.7. The molecule has 1 aliphatic rings. The maximum Gasteiger partial charge on any atom is 0.335 e. The number of carboxylic acids is 1. The van der Waals surface area contributed by atoms with E-state index in [9.17, 15) is 19.2 Å². The fraction of sp³-hybridized carbons (Fsp3) is 0.0833. The number of carbonyl (C=O) groups excluding carboxylic acids is 3. The lowest BCUT2D eigenvalue weighted by atomic mass is 10.1. The number of anilines is 2. The van der Waals surface area contributed by atoms with E-state index in [-0.39, 0.29) is 22.3 Å². The van der Waals surface area contributed by atoms with Crippen molar-refractivity contribution in [2.45, 2.75) is 13.8 Å². The van der Waals surface area contributed by atoms with Gasteiger partial charge < -0.3 is 10.4 Å². The quantitative estimate of drug-likeness (QED) is 0.627. The number of carbonyl (C=O) groups is 4. The molecule has 3 aromatic carbocycles. The van der Waals surface area contributed by atoms with Crippen LogP contribution in [0.4, 0.5) is 11.4 Å². The third-order valence-corrected chi connectivity index (χ3v) is 5.26. The highest BCUT2D eigenvalue weighted by Crippen LogP contribution is 2.30. The number of imide groups is 1. The van der Waals surface area contributed by atoms with Gasteiger partial charge in [0.15, 0.2) is 0 Å². The van der Waals surface area contributed by atoms with Crippen LogP contribution in [0.15, 0.2) is 60.7 Å². The summed E-state index contributed by atoms with van der Waals surface area (Å²) in [4.78, 5) is 50.7. The van der Waals surface area contributed by atoms with E-state index < -0.39 is 23.7 Å². The Kier molecular flexibility index (Phi) is 4.87. The van der Waals surface area contributed by atoms with Gasteiger partial charge in [0.05, 0.1) is 22.4 Å². The molecule has 0 saturated carbocycles. The number of hydrogen-bond donors (Lipinski definition) is 2. The van der Waals surface area contributed by atoms with Crippen LogP contribution in [0.2, 0.25) is 0 Å². The zero-order chi connectivity index (χ0) is 22.3. The number of aryl methyl sites for hydroxylation is 2. The van der Waals surface area contributed by atoms with E-state index in [1.165, 1.54) is 36.4 Å². The van der Waals surface area contributed by atoms with Gasteiger partial charge >= 0.3 is 5.97 Å². The molecule has 1 aliphatic heterocycles. The Morgan fingerprint density at radius 1 is 0.806 bits per heavy atom. The molecule has 4 rings (SSSR count). The first kappa shape index (κ1) is 20.0. The molecule has 154 valence electrons. The van der Waals surface area contributed by atoms with Crippen LogP contribution in [0.25, 0.3) is 0 Å². The van der Waals surface area contributed by atoms with Crippen molar-refractivity contribution in [1.82, 2.24) is 0 Å². The second-order valence-corrected chi connectivity index (χ2v) is 7.31. The van der Waals surface area contributed by atoms with Crippen LogP contribution in [0.3, 0.4) is 0 Å². The zero-order valence-electron chi connectivity index (χ0n) is 16.8. The number of nitrogens with one attached hydrogen (secondary N) is 1. The number of amides is 3. The summed E-state index contributed by atoms with van der Waals surface area (Å²) in [5.74, 6) is -2.56. The summed E-state index contributed by atoms with van der Waals surface area (Å²) < 4.78 is 0. The number of hydrogen-bond acceptors (Lipinski definition) is 4. The van der Waals surface area contributed by atoms with Crippen molar-refractivity contribution in [3.05, 3.63) is 94.0 Å². The summed E-state index contributed by atoms with van der Waals surface area (Å²) in [6.07, 6.45) is 0. The van der Waals surface area contributed by atoms with E-state index in [0.717, 1.165) is 16.0 Å². The lowest BCUT2D eigenvalue weighted by Gasteiger charge is -2.15. The maximum absolute atomic E-state index is 13.0. The van der Waals surface area contributed by atoms with Crippen molar-refractivity contribution in [2.75, 3.05) is 10.2 Å². The van der Waals surface area contributed by atoms with Crippen LogP contribution in [0.1, 0.15) is 52.6 Å². The predicted octanol–water partition coefficient (Wildman–Crippen LogP) is 4.05. The minimum atomic E-state index is -1.11. The van der Waals surface area contributed by atoms with Crippen molar-refractivity contribution in [2.24, 2.45) is 0 Å². The van der Waals surface area contributed by atoms with Gasteiger partial charge in [-0.2, -0.15) is 0 Å². The van der Waals surface area contributed by atoms with Gasteiger partial charge in [0.1, 0.15) is 0 Å². The van der Waals surface area contributed by atoms with Gasteiger partial charge in [-0.1, -0.05) is 12.1 Å². The van der Waals surface area contributed by atoms with Crippen molar-refractivity contribution in [3.8, 4) is 0 Å². The Balaban J connectivity index is 1.62. The molecule has 0 fully saturated rings. The minimum absolute atomic E-state index is 0.0385. The molecule has 0 unspecified atom stereocenters. The maximum atomic E-state index is 13.0. The monoisotopic (exact) mass is 414 g/mol. The van der Waals surface area contributed by atoms with Crippen molar-refractivity contribution in [1.29, 1.82) is 0 Å². The lowest BCUT2D eigenvalue weighted by molar-refractivity contribution is 0.0696. The number of carboxylic acid groups (broad SMARTS) is 1. The van der Waals surface area contributed by atoms with E-state index in [2.05, 4.69) is 5.32 Å². The van der Waals surface area contributed by atoms with E-state index >= 15 is 0 Å². The number of aromatic carboxylic acids is 1. The Bertz CT molecular complexity index is 1280. The van der Waals surface area contributed by atoms with Crippen LogP contribution >= 0.6 is 0 Å². The van der Waals surface area contributed by atoms with Gasteiger partial charge in [0.25, 0.3) is 17.7 Å². The second kappa shape index (κ2) is 7.53. The van der Waals surface area contributed by atoms with Crippen LogP contribution in [-0.2, 0) is 0 Å². The molecule has 0 aromatic heterocycles. The normalized spacial score (nSPS) is 12.6. The molecule has 1 heterocycles. The number of rotatable bonds is 4. The van der Waals surface area contributed by atoms with Gasteiger partial charge in [0, 0.05) is 11.3 Å². The van der Waals surface area contributed by atoms with E-state index in [1.54, 1.807) is 18.2 Å². The first-order valence-electron chi connectivity index (χ1n) is 9.51. The van der Waals surface area contributed by atoms with E-state index in [4.69, 9.17) is 5.11 Å². The zero-order valence-corrected chi connectivity index (χ0v) is 16.8. The molecule has 3 aromatic rings. The molecule has 3 amide bonds. The first-order valence-corrected chi connectivity index (χ1v) is 9.51. The topological polar surface area (TPSA) is 104 Å². The molecule has 2 N–H and O–H groups in total. The largest absolute Gasteiger partial charge is 0.478 e. The lowest BCUT2D eigenvalue weighted by Crippen LogP contribution is -2.29. The van der Waals surface area contributed by atoms with Crippen LogP contribution in [0, 0.1) is 13.8 Å². The molecule has 0 spiro atoms. The highest BCUT2D eigenvalue weighted by molar-refractivity contribution is 6.34. The molecule has 31 heavy (non-hydrogen) atoms. The summed E-state index contributed by atoms with van der Waals surface area (Å²) in [7, 11) is 0. The Hall–Kier alpha value is -4.26. The Labute approximate surface area is 177 Å². The highest BCUT2D eigenvalue weighted by atomic mass is 16.4. The third kappa shape index (κ3) is 3.57. The Morgan fingerprint density at radius 2 is 1.55 bits per heavy atom. The molecular weight excluding hydrogens is 396 g/mol. The van der Waals surface area contributed by atoms with Gasteiger partial charge in [-0.3, -0.25) is 14.4 Å². The van der Waals surface area contributed by atoms with Crippen LogP contribution in [-0.4, -0.2) is 28.8 Å². The van der Waals surface area contributed by atoms with Gasteiger partial charge in [-0.05, 0) is 73.5 Å². The average Bonchev–Trinajstić information content (AvgIpc) is 3.00. The number of nitrogens with zero attached hydrogens (tertiary/aromatic N) is 1. The summed E-state index contributed by atoms with van der Waals surface area (Å²) in [6, 6.07) is 15.5. The summed E-state index contributed by atoms with van der Waals surface area (Å²) in [6.45, 7) is 3.84. The Morgan fingerprint density at radius 3 is 2.26 bits per heavy atom. The smallest absolute Gasteiger partial charge is 0.335 e. The third-order valence-electron chi connectivity index (χ3n) is 5.26.